The van der Waals surface area contributed by atoms with Gasteiger partial charge in [-0.2, -0.15) is 18.3 Å². The summed E-state index contributed by atoms with van der Waals surface area (Å²) in [6.07, 6.45) is -2.77. The van der Waals surface area contributed by atoms with Crippen molar-refractivity contribution < 1.29 is 26.7 Å². The van der Waals surface area contributed by atoms with E-state index in [9.17, 15) is 26.7 Å². The number of benzene rings is 3. The Morgan fingerprint density at radius 3 is 2.33 bits per heavy atom. The fourth-order valence-corrected chi connectivity index (χ4v) is 6.31. The number of anilines is 1. The third-order valence-electron chi connectivity index (χ3n) is 6.74. The third kappa shape index (κ3) is 5.73. The highest BCUT2D eigenvalue weighted by molar-refractivity contribution is 7.90. The molecule has 0 fully saturated rings. The van der Waals surface area contributed by atoms with Crippen molar-refractivity contribution >= 4 is 50.3 Å². The summed E-state index contributed by atoms with van der Waals surface area (Å²) in [4.78, 5) is 3.55. The second kappa shape index (κ2) is 11.2. The molecule has 0 amide bonds. The van der Waals surface area contributed by atoms with E-state index in [1.54, 1.807) is 41.4 Å². The first-order valence-electron chi connectivity index (χ1n) is 12.2. The SMILES string of the molecule is Cc1nc(C(F)(F)F)cn1-c1ccc(-c2cc(Cl)c(CO)c(S(C)(=O)=O)c2)cc1N1N=NCC1c1ccc(Cl)c(Cl)c1. The van der Waals surface area contributed by atoms with Gasteiger partial charge in [0.25, 0.3) is 0 Å². The van der Waals surface area contributed by atoms with E-state index in [-0.39, 0.29) is 27.9 Å². The van der Waals surface area contributed by atoms with Gasteiger partial charge in [-0.05, 0) is 60.0 Å². The normalized spacial score (nSPS) is 15.5. The van der Waals surface area contributed by atoms with Crippen LogP contribution in [0.5, 0.6) is 0 Å². The molecule has 8 nitrogen and oxygen atoms in total. The fraction of sp³-hybridized carbons (Fsp3) is 0.222. The van der Waals surface area contributed by atoms with E-state index in [0.717, 1.165) is 12.5 Å². The molecule has 0 spiro atoms. The molecule has 1 aliphatic heterocycles. The minimum atomic E-state index is -4.67. The maximum absolute atomic E-state index is 13.5. The van der Waals surface area contributed by atoms with Gasteiger partial charge in [-0.15, -0.1) is 0 Å². The molecule has 5 rings (SSSR count). The Kier molecular flexibility index (Phi) is 8.05. The highest BCUT2D eigenvalue weighted by Crippen LogP contribution is 2.41. The van der Waals surface area contributed by atoms with Crippen LogP contribution in [-0.4, -0.2) is 35.9 Å². The van der Waals surface area contributed by atoms with Gasteiger partial charge in [0, 0.05) is 23.0 Å². The number of alkyl halides is 3. The molecular formula is C27H21Cl3F3N5O3S. The van der Waals surface area contributed by atoms with E-state index < -0.39 is 34.4 Å². The Hall–Kier alpha value is -3.16. The first kappa shape index (κ1) is 30.3. The van der Waals surface area contributed by atoms with Crippen LogP contribution < -0.4 is 5.01 Å². The monoisotopic (exact) mass is 657 g/mol. The topological polar surface area (TPSA) is 100 Å². The molecular weight excluding hydrogens is 638 g/mol. The second-order valence-corrected chi connectivity index (χ2v) is 12.8. The van der Waals surface area contributed by atoms with Gasteiger partial charge in [-0.25, -0.2) is 18.4 Å². The first-order chi connectivity index (χ1) is 19.7. The molecule has 1 N–H and O–H groups in total. The Bertz CT molecular complexity index is 1840. The average molecular weight is 659 g/mol. The van der Waals surface area contributed by atoms with Gasteiger partial charge < -0.3 is 9.67 Å². The number of hydrogen-bond donors (Lipinski definition) is 1. The van der Waals surface area contributed by atoms with Crippen LogP contribution in [0.4, 0.5) is 18.9 Å². The molecule has 4 aromatic rings. The van der Waals surface area contributed by atoms with Crippen LogP contribution in [0.15, 0.2) is 70.0 Å². The summed E-state index contributed by atoms with van der Waals surface area (Å²) in [6, 6.07) is 12.3. The lowest BCUT2D eigenvalue weighted by molar-refractivity contribution is -0.141. The van der Waals surface area contributed by atoms with Gasteiger partial charge >= 0.3 is 6.18 Å². The van der Waals surface area contributed by atoms with Gasteiger partial charge in [-0.1, -0.05) is 52.2 Å². The smallest absolute Gasteiger partial charge is 0.392 e. The quantitative estimate of drug-likeness (QED) is 0.229. The summed E-state index contributed by atoms with van der Waals surface area (Å²) in [5.74, 6) is 0.0771. The number of hydrogen-bond acceptors (Lipinski definition) is 7. The number of rotatable bonds is 6. The Morgan fingerprint density at radius 2 is 1.71 bits per heavy atom. The molecule has 15 heteroatoms. The lowest BCUT2D eigenvalue weighted by Gasteiger charge is -2.26. The van der Waals surface area contributed by atoms with Gasteiger partial charge in [0.2, 0.25) is 0 Å². The molecule has 0 saturated heterocycles. The van der Waals surface area contributed by atoms with Crippen molar-refractivity contribution in [2.75, 3.05) is 17.8 Å². The van der Waals surface area contributed by atoms with E-state index >= 15 is 0 Å². The summed E-state index contributed by atoms with van der Waals surface area (Å²) in [7, 11) is -3.78. The number of nitrogens with zero attached hydrogens (tertiary/aromatic N) is 5. The van der Waals surface area contributed by atoms with Gasteiger partial charge in [-0.3, -0.25) is 0 Å². The van der Waals surface area contributed by atoms with Crippen LogP contribution in [0.1, 0.15) is 28.7 Å². The highest BCUT2D eigenvalue weighted by atomic mass is 35.5. The molecule has 1 atom stereocenters. The number of aliphatic hydroxyl groups excluding tert-OH is 1. The standard InChI is InChI=1S/C27H21Cl3F3N5O3S/c1-14-35-26(27(31,32)33)12-37(14)22-6-4-15(17-8-20(29)18(13-39)25(10-17)42(2,40)41)9-23(22)38-24(11-34-36-38)16-3-5-19(28)21(30)7-16/h3-10,12,24,39H,11,13H2,1-2H3. The molecule has 3 aromatic carbocycles. The minimum Gasteiger partial charge on any atom is -0.392 e. The summed E-state index contributed by atoms with van der Waals surface area (Å²) >= 11 is 18.7. The van der Waals surface area contributed by atoms with Gasteiger partial charge in [0.15, 0.2) is 15.5 Å². The van der Waals surface area contributed by atoms with Crippen LogP contribution in [0.2, 0.25) is 15.1 Å². The maximum Gasteiger partial charge on any atom is 0.434 e. The number of aromatic nitrogens is 2. The Balaban J connectivity index is 1.73. The molecule has 1 aliphatic rings. The lowest BCUT2D eigenvalue weighted by Crippen LogP contribution is -2.22. The summed E-state index contributed by atoms with van der Waals surface area (Å²) in [5.41, 5.74) is 1.23. The number of sulfone groups is 1. The molecule has 1 aromatic heterocycles. The molecule has 2 heterocycles. The zero-order valence-electron chi connectivity index (χ0n) is 21.9. The van der Waals surface area contributed by atoms with Gasteiger partial charge in [0.05, 0.1) is 39.5 Å². The molecule has 0 saturated carbocycles. The predicted octanol–water partition coefficient (Wildman–Crippen LogP) is 7.65. The average Bonchev–Trinajstić information content (AvgIpc) is 3.56. The third-order valence-corrected chi connectivity index (χ3v) is 8.98. The molecule has 0 radical (unpaired) electrons. The number of aliphatic hydroxyl groups is 1. The van der Waals surface area contributed by atoms with Crippen molar-refractivity contribution in [1.29, 1.82) is 0 Å². The molecule has 0 aliphatic carbocycles. The Morgan fingerprint density at radius 1 is 0.976 bits per heavy atom. The summed E-state index contributed by atoms with van der Waals surface area (Å²) in [5, 5.41) is 20.5. The van der Waals surface area contributed by atoms with E-state index in [0.29, 0.717) is 38.1 Å². The van der Waals surface area contributed by atoms with Crippen LogP contribution in [-0.2, 0) is 22.6 Å². The van der Waals surface area contributed by atoms with Crippen LogP contribution >= 0.6 is 34.8 Å². The Labute approximate surface area is 253 Å². The largest absolute Gasteiger partial charge is 0.434 e. The van der Waals surface area contributed by atoms with E-state index in [1.165, 1.54) is 23.6 Å². The number of aryl methyl sites for hydroxylation is 1. The van der Waals surface area contributed by atoms with Crippen LogP contribution in [0, 0.1) is 6.92 Å². The van der Waals surface area contributed by atoms with Crippen LogP contribution in [0.3, 0.4) is 0 Å². The van der Waals surface area contributed by atoms with E-state index in [1.807, 2.05) is 0 Å². The lowest BCUT2D eigenvalue weighted by atomic mass is 10.0. The highest BCUT2D eigenvalue weighted by Gasteiger charge is 2.35. The van der Waals surface area contributed by atoms with Crippen molar-refractivity contribution in [3.8, 4) is 16.8 Å². The van der Waals surface area contributed by atoms with Crippen molar-refractivity contribution in [3.05, 3.63) is 92.4 Å². The van der Waals surface area contributed by atoms with Crippen molar-refractivity contribution in [2.24, 2.45) is 10.3 Å². The summed E-state index contributed by atoms with van der Waals surface area (Å²) in [6.45, 7) is 1.07. The fourth-order valence-electron chi connectivity index (χ4n) is 4.71. The van der Waals surface area contributed by atoms with Crippen molar-refractivity contribution in [3.63, 3.8) is 0 Å². The number of halogens is 6. The summed E-state index contributed by atoms with van der Waals surface area (Å²) < 4.78 is 67.0. The molecule has 42 heavy (non-hydrogen) atoms. The van der Waals surface area contributed by atoms with Crippen molar-refractivity contribution in [1.82, 2.24) is 9.55 Å². The molecule has 0 bridgehead atoms. The van der Waals surface area contributed by atoms with Crippen LogP contribution in [0.25, 0.3) is 16.8 Å². The first-order valence-corrected chi connectivity index (χ1v) is 15.2. The zero-order valence-corrected chi connectivity index (χ0v) is 24.9. The van der Waals surface area contributed by atoms with Gasteiger partial charge in [0.1, 0.15) is 11.9 Å². The number of imidazole rings is 1. The maximum atomic E-state index is 13.5. The zero-order chi connectivity index (χ0) is 30.6. The second-order valence-electron chi connectivity index (χ2n) is 9.56. The predicted molar refractivity (Wildman–Crippen MR) is 154 cm³/mol. The van der Waals surface area contributed by atoms with E-state index in [4.69, 9.17) is 34.8 Å². The van der Waals surface area contributed by atoms with Crippen molar-refractivity contribution in [2.45, 2.75) is 30.6 Å². The minimum absolute atomic E-state index is 0.0378. The molecule has 220 valence electrons. The van der Waals surface area contributed by atoms with E-state index in [2.05, 4.69) is 15.3 Å². The molecule has 1 unspecified atom stereocenters.